The van der Waals surface area contributed by atoms with Gasteiger partial charge in [0, 0.05) is 15.2 Å². The number of hydrogen-bond acceptors (Lipinski definition) is 2. The van der Waals surface area contributed by atoms with E-state index in [1.807, 2.05) is 0 Å². The van der Waals surface area contributed by atoms with Gasteiger partial charge in [-0.1, -0.05) is 33.6 Å². The molecule has 0 fully saturated rings. The average molecular weight is 407 g/mol. The Morgan fingerprint density at radius 2 is 1.95 bits per heavy atom. The SMILES string of the molecule is O=C(CSCc1ccc(Cl)cc1F)Nc1ccc(Br)cc1F. The Morgan fingerprint density at radius 3 is 2.64 bits per heavy atom. The molecule has 0 unspecified atom stereocenters. The number of nitrogens with one attached hydrogen (secondary N) is 1. The third-order valence-corrected chi connectivity index (χ3v) is 4.42. The Balaban J connectivity index is 1.85. The zero-order valence-electron chi connectivity index (χ0n) is 11.2. The summed E-state index contributed by atoms with van der Waals surface area (Å²) < 4.78 is 27.7. The van der Waals surface area contributed by atoms with E-state index < -0.39 is 11.6 Å². The number of amides is 1. The highest BCUT2D eigenvalue weighted by molar-refractivity contribution is 9.10. The lowest BCUT2D eigenvalue weighted by atomic mass is 10.2. The second-order valence-electron chi connectivity index (χ2n) is 4.40. The molecule has 0 saturated carbocycles. The summed E-state index contributed by atoms with van der Waals surface area (Å²) in [6.45, 7) is 0. The first-order valence-corrected chi connectivity index (χ1v) is 8.55. The highest BCUT2D eigenvalue weighted by atomic mass is 79.9. The first kappa shape index (κ1) is 17.2. The van der Waals surface area contributed by atoms with Gasteiger partial charge in [0.1, 0.15) is 11.6 Å². The average Bonchev–Trinajstić information content (AvgIpc) is 2.44. The van der Waals surface area contributed by atoms with Crippen LogP contribution in [0.15, 0.2) is 40.9 Å². The lowest BCUT2D eigenvalue weighted by Gasteiger charge is -2.07. The van der Waals surface area contributed by atoms with Gasteiger partial charge in [0.15, 0.2) is 0 Å². The zero-order valence-corrected chi connectivity index (χ0v) is 14.4. The Morgan fingerprint density at radius 1 is 1.18 bits per heavy atom. The predicted octanol–water partition coefficient (Wildman–Crippen LogP) is 5.25. The summed E-state index contributed by atoms with van der Waals surface area (Å²) in [4.78, 5) is 11.8. The van der Waals surface area contributed by atoms with Gasteiger partial charge in [-0.3, -0.25) is 4.79 Å². The number of hydrogen-bond donors (Lipinski definition) is 1. The van der Waals surface area contributed by atoms with Crippen molar-refractivity contribution >= 4 is 50.9 Å². The molecule has 1 amide bonds. The van der Waals surface area contributed by atoms with Gasteiger partial charge in [0.05, 0.1) is 11.4 Å². The summed E-state index contributed by atoms with van der Waals surface area (Å²) in [5.41, 5.74) is 0.587. The van der Waals surface area contributed by atoms with Gasteiger partial charge in [-0.25, -0.2) is 8.78 Å². The fourth-order valence-corrected chi connectivity index (χ4v) is 2.98. The van der Waals surface area contributed by atoms with E-state index in [2.05, 4.69) is 21.2 Å². The normalized spacial score (nSPS) is 10.5. The van der Waals surface area contributed by atoms with Crippen LogP contribution in [0.4, 0.5) is 14.5 Å². The third-order valence-electron chi connectivity index (χ3n) is 2.71. The molecular weight excluding hydrogens is 396 g/mol. The van der Waals surface area contributed by atoms with Crippen molar-refractivity contribution in [1.82, 2.24) is 0 Å². The summed E-state index contributed by atoms with van der Waals surface area (Å²) in [5, 5.41) is 2.81. The summed E-state index contributed by atoms with van der Waals surface area (Å²) in [5.74, 6) is -0.840. The Kier molecular flexibility index (Phi) is 6.23. The van der Waals surface area contributed by atoms with Crippen LogP contribution in [0.3, 0.4) is 0 Å². The lowest BCUT2D eigenvalue weighted by molar-refractivity contribution is -0.113. The van der Waals surface area contributed by atoms with Crippen molar-refractivity contribution in [3.05, 3.63) is 63.1 Å². The molecule has 116 valence electrons. The fraction of sp³-hybridized carbons (Fsp3) is 0.133. The van der Waals surface area contributed by atoms with E-state index in [0.717, 1.165) is 0 Å². The van der Waals surface area contributed by atoms with Gasteiger partial charge < -0.3 is 5.32 Å². The van der Waals surface area contributed by atoms with E-state index >= 15 is 0 Å². The van der Waals surface area contributed by atoms with Crippen molar-refractivity contribution in [1.29, 1.82) is 0 Å². The molecule has 0 aliphatic rings. The summed E-state index contributed by atoms with van der Waals surface area (Å²) in [6.07, 6.45) is 0. The molecule has 0 aromatic heterocycles. The smallest absolute Gasteiger partial charge is 0.234 e. The van der Waals surface area contributed by atoms with Crippen molar-refractivity contribution in [2.45, 2.75) is 5.75 Å². The largest absolute Gasteiger partial charge is 0.323 e. The topological polar surface area (TPSA) is 29.1 Å². The number of carbonyl (C=O) groups excluding carboxylic acids is 1. The fourth-order valence-electron chi connectivity index (χ4n) is 1.67. The van der Waals surface area contributed by atoms with E-state index in [0.29, 0.717) is 20.8 Å². The van der Waals surface area contributed by atoms with Gasteiger partial charge in [-0.05, 0) is 35.9 Å². The first-order valence-electron chi connectivity index (χ1n) is 6.22. The minimum atomic E-state index is -0.517. The first-order chi connectivity index (χ1) is 10.5. The molecule has 1 N–H and O–H groups in total. The quantitative estimate of drug-likeness (QED) is 0.734. The molecule has 0 radical (unpaired) electrons. The lowest BCUT2D eigenvalue weighted by Crippen LogP contribution is -2.15. The number of thioether (sulfide) groups is 1. The second-order valence-corrected chi connectivity index (χ2v) is 6.74. The number of rotatable bonds is 5. The Labute approximate surface area is 144 Å². The van der Waals surface area contributed by atoms with Gasteiger partial charge in [0.2, 0.25) is 5.91 Å². The molecule has 0 heterocycles. The van der Waals surface area contributed by atoms with Crippen molar-refractivity contribution in [2.24, 2.45) is 0 Å². The van der Waals surface area contributed by atoms with Crippen molar-refractivity contribution < 1.29 is 13.6 Å². The van der Waals surface area contributed by atoms with Crippen LogP contribution < -0.4 is 5.32 Å². The monoisotopic (exact) mass is 405 g/mol. The van der Waals surface area contributed by atoms with E-state index in [4.69, 9.17) is 11.6 Å². The molecule has 2 rings (SSSR count). The molecule has 7 heteroatoms. The summed E-state index contributed by atoms with van der Waals surface area (Å²) in [6, 6.07) is 8.78. The molecule has 0 aliphatic carbocycles. The van der Waals surface area contributed by atoms with Crippen LogP contribution in [0, 0.1) is 11.6 Å². The van der Waals surface area contributed by atoms with Gasteiger partial charge in [0.25, 0.3) is 0 Å². The molecule has 2 aromatic carbocycles. The summed E-state index contributed by atoms with van der Waals surface area (Å²) in [7, 11) is 0. The highest BCUT2D eigenvalue weighted by Crippen LogP contribution is 2.21. The van der Waals surface area contributed by atoms with Gasteiger partial charge >= 0.3 is 0 Å². The van der Waals surface area contributed by atoms with E-state index in [-0.39, 0.29) is 17.3 Å². The van der Waals surface area contributed by atoms with E-state index in [1.54, 1.807) is 18.2 Å². The minimum Gasteiger partial charge on any atom is -0.323 e. The highest BCUT2D eigenvalue weighted by Gasteiger charge is 2.09. The molecule has 0 bridgehead atoms. The molecular formula is C15H11BrClF2NOS. The molecule has 2 nitrogen and oxygen atoms in total. The van der Waals surface area contributed by atoms with Crippen LogP contribution in [0.2, 0.25) is 5.02 Å². The van der Waals surface area contributed by atoms with E-state index in [1.165, 1.54) is 30.0 Å². The van der Waals surface area contributed by atoms with Crippen LogP contribution in [0.25, 0.3) is 0 Å². The number of halogens is 4. The molecule has 2 aromatic rings. The van der Waals surface area contributed by atoms with Gasteiger partial charge in [-0.15, -0.1) is 11.8 Å². The molecule has 0 saturated heterocycles. The Bertz CT molecular complexity index is 699. The third kappa shape index (κ3) is 4.97. The molecule has 22 heavy (non-hydrogen) atoms. The Hall–Kier alpha value is -1.11. The van der Waals surface area contributed by atoms with Gasteiger partial charge in [-0.2, -0.15) is 0 Å². The minimum absolute atomic E-state index is 0.0948. The molecule has 0 atom stereocenters. The van der Waals surface area contributed by atoms with Crippen LogP contribution in [0.1, 0.15) is 5.56 Å². The van der Waals surface area contributed by atoms with Crippen molar-refractivity contribution in [2.75, 3.05) is 11.1 Å². The van der Waals surface area contributed by atoms with Crippen LogP contribution in [0.5, 0.6) is 0 Å². The van der Waals surface area contributed by atoms with Crippen molar-refractivity contribution in [3.63, 3.8) is 0 Å². The molecule has 0 spiro atoms. The van der Waals surface area contributed by atoms with E-state index in [9.17, 15) is 13.6 Å². The zero-order chi connectivity index (χ0) is 16.1. The van der Waals surface area contributed by atoms with Crippen LogP contribution >= 0.6 is 39.3 Å². The molecule has 0 aliphatic heterocycles. The van der Waals surface area contributed by atoms with Crippen LogP contribution in [-0.2, 0) is 10.5 Å². The van der Waals surface area contributed by atoms with Crippen molar-refractivity contribution in [3.8, 4) is 0 Å². The number of anilines is 1. The predicted molar refractivity (Wildman–Crippen MR) is 90.3 cm³/mol. The number of carbonyl (C=O) groups is 1. The second kappa shape index (κ2) is 7.94. The van der Waals surface area contributed by atoms with Crippen LogP contribution in [-0.4, -0.2) is 11.7 Å². The number of benzene rings is 2. The maximum absolute atomic E-state index is 13.6. The maximum atomic E-state index is 13.6. The standard InChI is InChI=1S/C15H11BrClF2NOS/c16-10-2-4-14(13(19)5-10)20-15(21)8-22-7-9-1-3-11(17)6-12(9)18/h1-6H,7-8H2,(H,20,21). The maximum Gasteiger partial charge on any atom is 0.234 e. The summed E-state index contributed by atoms with van der Waals surface area (Å²) >= 11 is 10.0.